The van der Waals surface area contributed by atoms with Crippen LogP contribution in [0.5, 0.6) is 5.75 Å². The number of halogens is 3. The Morgan fingerprint density at radius 1 is 1.21 bits per heavy atom. The molecule has 2 atom stereocenters. The lowest BCUT2D eigenvalue weighted by Gasteiger charge is -2.12. The van der Waals surface area contributed by atoms with Gasteiger partial charge in [-0.25, -0.2) is 4.98 Å². The average Bonchev–Trinajstić information content (AvgIpc) is 3.35. The minimum atomic E-state index is -4.87. The third-order valence-electron chi connectivity index (χ3n) is 4.73. The predicted molar refractivity (Wildman–Crippen MR) is 94.8 cm³/mol. The van der Waals surface area contributed by atoms with E-state index in [4.69, 9.17) is 10.8 Å². The van der Waals surface area contributed by atoms with E-state index in [1.165, 1.54) is 16.7 Å². The van der Waals surface area contributed by atoms with Crippen LogP contribution in [0.4, 0.5) is 13.2 Å². The zero-order chi connectivity index (χ0) is 20.9. The normalized spacial score (nSPS) is 18.6. The molecule has 1 aromatic carbocycles. The smallest absolute Gasteiger partial charge is 0.481 e. The number of carboxylic acid groups (broad SMARTS) is 1. The molecule has 0 radical (unpaired) electrons. The number of pyridine rings is 1. The summed E-state index contributed by atoms with van der Waals surface area (Å²) in [7, 11) is 0. The topological polar surface area (TPSA) is 107 Å². The lowest BCUT2D eigenvalue weighted by molar-refractivity contribution is -0.274. The van der Waals surface area contributed by atoms with Gasteiger partial charge in [-0.05, 0) is 36.8 Å². The number of fused-ring (bicyclic) bond motifs is 1. The number of nitrogens with two attached hydrogens (primary N) is 1. The molecule has 1 aliphatic rings. The van der Waals surface area contributed by atoms with Crippen LogP contribution in [0.2, 0.25) is 0 Å². The lowest BCUT2D eigenvalue weighted by Crippen LogP contribution is -2.17. The number of aromatic nitrogens is 2. The second-order valence-corrected chi connectivity index (χ2v) is 6.71. The van der Waals surface area contributed by atoms with E-state index >= 15 is 0 Å². The van der Waals surface area contributed by atoms with Crippen LogP contribution in [0.25, 0.3) is 16.7 Å². The second-order valence-electron chi connectivity index (χ2n) is 6.71. The summed E-state index contributed by atoms with van der Waals surface area (Å²) in [5.41, 5.74) is 6.25. The maximum Gasteiger partial charge on any atom is 0.573 e. The van der Waals surface area contributed by atoms with Gasteiger partial charge in [0.1, 0.15) is 17.3 Å². The molecule has 7 nitrogen and oxygen atoms in total. The number of nitrogens with zero attached hydrogens (tertiary/aromatic N) is 2. The van der Waals surface area contributed by atoms with Crippen LogP contribution in [-0.2, 0) is 4.79 Å². The van der Waals surface area contributed by atoms with Crippen LogP contribution < -0.4 is 10.5 Å². The Bertz CT molecular complexity index is 1140. The number of alkyl halides is 3. The average molecular weight is 405 g/mol. The summed E-state index contributed by atoms with van der Waals surface area (Å²) in [6, 6.07) is 9.97. The Labute approximate surface area is 161 Å². The van der Waals surface area contributed by atoms with Gasteiger partial charge in [-0.15, -0.1) is 13.2 Å². The van der Waals surface area contributed by atoms with E-state index in [-0.39, 0.29) is 22.9 Å². The molecule has 3 aromatic rings. The SMILES string of the molecule is NC(=O)c1cc2ccc(OC(F)(F)F)cc2n1-c1cccc(C2CC2C(=O)O)n1. The molecule has 1 aliphatic carbocycles. The maximum atomic E-state index is 12.6. The monoisotopic (exact) mass is 405 g/mol. The van der Waals surface area contributed by atoms with E-state index in [1.807, 2.05) is 0 Å². The van der Waals surface area contributed by atoms with Gasteiger partial charge in [0.05, 0.1) is 11.4 Å². The Kier molecular flexibility index (Phi) is 4.21. The minimum absolute atomic E-state index is 0.0272. The van der Waals surface area contributed by atoms with Crippen LogP contribution in [0.1, 0.15) is 28.5 Å². The molecule has 1 fully saturated rings. The lowest BCUT2D eigenvalue weighted by atomic mass is 10.2. The Balaban J connectivity index is 1.83. The first kappa shape index (κ1) is 18.8. The highest BCUT2D eigenvalue weighted by molar-refractivity contribution is 5.99. The summed E-state index contributed by atoms with van der Waals surface area (Å²) in [5, 5.41) is 9.59. The van der Waals surface area contributed by atoms with Crippen molar-refractivity contribution >= 4 is 22.8 Å². The van der Waals surface area contributed by atoms with Crippen LogP contribution in [0.3, 0.4) is 0 Å². The molecular weight excluding hydrogens is 391 g/mol. The molecule has 0 aliphatic heterocycles. The van der Waals surface area contributed by atoms with Crippen molar-refractivity contribution in [1.82, 2.24) is 9.55 Å². The number of hydrogen-bond acceptors (Lipinski definition) is 4. The van der Waals surface area contributed by atoms with Gasteiger partial charge in [-0.2, -0.15) is 0 Å². The first-order valence-electron chi connectivity index (χ1n) is 8.55. The Hall–Kier alpha value is -3.56. The molecular formula is C19H14F3N3O4. The number of primary amides is 1. The van der Waals surface area contributed by atoms with Crippen molar-refractivity contribution in [2.45, 2.75) is 18.7 Å². The van der Waals surface area contributed by atoms with Crippen LogP contribution in [0, 0.1) is 5.92 Å². The molecule has 1 saturated carbocycles. The highest BCUT2D eigenvalue weighted by Gasteiger charge is 2.45. The number of aliphatic carboxylic acids is 1. The van der Waals surface area contributed by atoms with Gasteiger partial charge in [0.2, 0.25) is 0 Å². The first-order valence-corrected chi connectivity index (χ1v) is 8.55. The first-order chi connectivity index (χ1) is 13.6. The molecule has 0 spiro atoms. The number of benzene rings is 1. The van der Waals surface area contributed by atoms with Gasteiger partial charge in [-0.1, -0.05) is 6.07 Å². The van der Waals surface area contributed by atoms with Crippen LogP contribution in [-0.4, -0.2) is 32.9 Å². The van der Waals surface area contributed by atoms with Crippen molar-refractivity contribution in [3.05, 3.63) is 53.9 Å². The van der Waals surface area contributed by atoms with Crippen molar-refractivity contribution in [2.24, 2.45) is 11.7 Å². The number of amides is 1. The number of rotatable bonds is 5. The molecule has 2 aromatic heterocycles. The van der Waals surface area contributed by atoms with E-state index in [1.54, 1.807) is 18.2 Å². The molecule has 0 saturated heterocycles. The third-order valence-corrected chi connectivity index (χ3v) is 4.73. The van der Waals surface area contributed by atoms with Crippen molar-refractivity contribution in [1.29, 1.82) is 0 Å². The zero-order valence-electron chi connectivity index (χ0n) is 14.7. The molecule has 0 bridgehead atoms. The number of carbonyl (C=O) groups is 2. The zero-order valence-corrected chi connectivity index (χ0v) is 14.7. The van der Waals surface area contributed by atoms with E-state index < -0.39 is 29.9 Å². The van der Waals surface area contributed by atoms with Crippen LogP contribution >= 0.6 is 0 Å². The summed E-state index contributed by atoms with van der Waals surface area (Å²) < 4.78 is 43.1. The maximum absolute atomic E-state index is 12.6. The molecule has 29 heavy (non-hydrogen) atoms. The summed E-state index contributed by atoms with van der Waals surface area (Å²) in [6.07, 6.45) is -4.42. The Morgan fingerprint density at radius 3 is 2.59 bits per heavy atom. The Morgan fingerprint density at radius 2 is 1.97 bits per heavy atom. The molecule has 10 heteroatoms. The molecule has 2 heterocycles. The number of carbonyl (C=O) groups excluding carboxylic acids is 1. The van der Waals surface area contributed by atoms with Gasteiger partial charge < -0.3 is 15.6 Å². The molecule has 150 valence electrons. The van der Waals surface area contributed by atoms with Gasteiger partial charge in [-0.3, -0.25) is 14.2 Å². The van der Waals surface area contributed by atoms with E-state index in [0.717, 1.165) is 12.1 Å². The minimum Gasteiger partial charge on any atom is -0.481 e. The molecule has 4 rings (SSSR count). The van der Waals surface area contributed by atoms with E-state index in [0.29, 0.717) is 17.5 Å². The second kappa shape index (κ2) is 6.50. The fraction of sp³-hybridized carbons (Fsp3) is 0.211. The number of carboxylic acids is 1. The van der Waals surface area contributed by atoms with Crippen molar-refractivity contribution < 1.29 is 32.6 Å². The fourth-order valence-corrected chi connectivity index (χ4v) is 3.37. The largest absolute Gasteiger partial charge is 0.573 e. The van der Waals surface area contributed by atoms with Gasteiger partial charge in [0.15, 0.2) is 0 Å². The molecule has 1 amide bonds. The summed E-state index contributed by atoms with van der Waals surface area (Å²) in [6.45, 7) is 0. The third kappa shape index (κ3) is 3.60. The summed E-state index contributed by atoms with van der Waals surface area (Å²) in [4.78, 5) is 27.5. The van der Waals surface area contributed by atoms with Crippen molar-refractivity contribution in [3.8, 4) is 11.6 Å². The number of hydrogen-bond donors (Lipinski definition) is 2. The highest BCUT2D eigenvalue weighted by Crippen LogP contribution is 2.47. The summed E-state index contributed by atoms with van der Waals surface area (Å²) in [5.74, 6) is -2.70. The standard InChI is InChI=1S/C19H14F3N3O4/c20-19(21,22)29-10-5-4-9-6-15(17(23)26)25(14(9)7-10)16-3-1-2-13(24-16)11-8-12(11)18(27)28/h1-7,11-12H,8H2,(H2,23,26)(H,27,28). The van der Waals surface area contributed by atoms with E-state index in [9.17, 15) is 22.8 Å². The van der Waals surface area contributed by atoms with Gasteiger partial charge in [0.25, 0.3) is 5.91 Å². The predicted octanol–water partition coefficient (Wildman–Crippen LogP) is 3.21. The van der Waals surface area contributed by atoms with Gasteiger partial charge in [0, 0.05) is 23.1 Å². The molecule has 3 N–H and O–H groups in total. The van der Waals surface area contributed by atoms with E-state index in [2.05, 4.69) is 9.72 Å². The number of ether oxygens (including phenoxy) is 1. The van der Waals surface area contributed by atoms with Gasteiger partial charge >= 0.3 is 12.3 Å². The molecule has 2 unspecified atom stereocenters. The summed E-state index contributed by atoms with van der Waals surface area (Å²) >= 11 is 0. The fourth-order valence-electron chi connectivity index (χ4n) is 3.37. The van der Waals surface area contributed by atoms with Crippen molar-refractivity contribution in [2.75, 3.05) is 0 Å². The highest BCUT2D eigenvalue weighted by atomic mass is 19.4. The van der Waals surface area contributed by atoms with Crippen LogP contribution in [0.15, 0.2) is 42.5 Å². The quantitative estimate of drug-likeness (QED) is 0.678. The van der Waals surface area contributed by atoms with Crippen molar-refractivity contribution in [3.63, 3.8) is 0 Å².